The lowest BCUT2D eigenvalue weighted by Gasteiger charge is -2.16. The van der Waals surface area contributed by atoms with E-state index in [4.69, 9.17) is 19.6 Å². The van der Waals surface area contributed by atoms with E-state index in [0.29, 0.717) is 60.0 Å². The third-order valence-electron chi connectivity index (χ3n) is 9.70. The molecule has 12 nitrogen and oxygen atoms in total. The Bertz CT molecular complexity index is 2070. The quantitative estimate of drug-likeness (QED) is 0.116. The number of aryl methyl sites for hydroxylation is 1. The van der Waals surface area contributed by atoms with Crippen LogP contribution in [0, 0.1) is 0 Å². The number of aromatic nitrogens is 4. The predicted octanol–water partition coefficient (Wildman–Crippen LogP) is 6.54. The summed E-state index contributed by atoms with van der Waals surface area (Å²) in [5.41, 5.74) is 3.31. The van der Waals surface area contributed by atoms with E-state index in [9.17, 15) is 9.59 Å². The van der Waals surface area contributed by atoms with Gasteiger partial charge in [0.2, 0.25) is 5.91 Å². The monoisotopic (exact) mass is 714 g/mol. The maximum absolute atomic E-state index is 13.0. The summed E-state index contributed by atoms with van der Waals surface area (Å²) in [5, 5.41) is 12.2. The summed E-state index contributed by atoms with van der Waals surface area (Å²) in [5.74, 6) is 2.84. The third kappa shape index (κ3) is 8.83. The smallest absolute Gasteiger partial charge is 0.256 e. The van der Waals surface area contributed by atoms with Gasteiger partial charge >= 0.3 is 0 Å². The minimum Gasteiger partial charge on any atom is -0.497 e. The maximum atomic E-state index is 13.0. The standard InChI is InChI=1S/C41H46N8O4/c1-4-6-28-18-21-42-36(25-28)45-41(51)30-10-16-34(17-11-30)53-35-19-22-43-40-38(35)39(46-49(40)26-29-8-14-33(52-3)15-9-29)44-31-20-24-48(27-31)37(50)7-5-23-47(2)32-12-13-32/h5,7-11,14-19,21-22,25,31-32H,4,6,12-13,20,23-24,26-27H2,1-3H3,(H,44,46)(H,42,45,51)/b7-5+/t31-/m1/s1. The number of nitrogens with zero attached hydrogens (tertiary/aromatic N) is 6. The Morgan fingerprint density at radius 1 is 0.962 bits per heavy atom. The Balaban J connectivity index is 1.09. The van der Waals surface area contributed by atoms with Crippen molar-refractivity contribution in [1.29, 1.82) is 0 Å². The molecule has 53 heavy (non-hydrogen) atoms. The zero-order valence-electron chi connectivity index (χ0n) is 30.5. The fourth-order valence-corrected chi connectivity index (χ4v) is 6.61. The van der Waals surface area contributed by atoms with Gasteiger partial charge in [0.25, 0.3) is 5.91 Å². The minimum absolute atomic E-state index is 0.00275. The number of nitrogens with one attached hydrogen (secondary N) is 2. The van der Waals surface area contributed by atoms with E-state index in [0.717, 1.165) is 48.1 Å². The molecule has 1 aliphatic heterocycles. The fourth-order valence-electron chi connectivity index (χ4n) is 6.61. The van der Waals surface area contributed by atoms with Crippen molar-refractivity contribution in [2.75, 3.05) is 44.4 Å². The minimum atomic E-state index is -0.250. The lowest BCUT2D eigenvalue weighted by molar-refractivity contribution is -0.125. The van der Waals surface area contributed by atoms with E-state index in [1.54, 1.807) is 49.8 Å². The Morgan fingerprint density at radius 3 is 2.49 bits per heavy atom. The first-order chi connectivity index (χ1) is 25.9. The molecule has 2 amide bonds. The van der Waals surface area contributed by atoms with Crippen molar-refractivity contribution in [2.24, 2.45) is 0 Å². The molecule has 2 fully saturated rings. The number of ether oxygens (including phenoxy) is 2. The van der Waals surface area contributed by atoms with Crippen molar-refractivity contribution < 1.29 is 19.1 Å². The summed E-state index contributed by atoms with van der Waals surface area (Å²) in [7, 11) is 3.75. The Kier molecular flexibility index (Phi) is 11.0. The summed E-state index contributed by atoms with van der Waals surface area (Å²) in [6.07, 6.45) is 12.3. The Morgan fingerprint density at radius 2 is 1.74 bits per heavy atom. The molecule has 0 radical (unpaired) electrons. The van der Waals surface area contributed by atoms with Crippen LogP contribution in [0.25, 0.3) is 11.0 Å². The number of hydrogen-bond donors (Lipinski definition) is 2. The average Bonchev–Trinajstić information content (AvgIpc) is 3.83. The van der Waals surface area contributed by atoms with E-state index in [1.807, 2.05) is 58.1 Å². The van der Waals surface area contributed by atoms with Gasteiger partial charge < -0.3 is 25.0 Å². The van der Waals surface area contributed by atoms with Crippen molar-refractivity contribution in [3.63, 3.8) is 0 Å². The topological polar surface area (TPSA) is 127 Å². The van der Waals surface area contributed by atoms with E-state index in [-0.39, 0.29) is 17.9 Å². The Labute approximate surface area is 309 Å². The van der Waals surface area contributed by atoms with Crippen molar-refractivity contribution in [3.05, 3.63) is 108 Å². The number of likely N-dealkylation sites (N-methyl/N-ethyl adjacent to an activating group) is 1. The SMILES string of the molecule is CCCc1ccnc(NC(=O)c2ccc(Oc3ccnc4c3c(N[C@@H]3CCN(C(=O)/C=C/CN(C)C5CC5)C3)nn4Cc3ccc(OC)cc3)cc2)c1. The van der Waals surface area contributed by atoms with Crippen molar-refractivity contribution in [3.8, 4) is 17.2 Å². The summed E-state index contributed by atoms with van der Waals surface area (Å²) < 4.78 is 13.7. The number of carbonyl (C=O) groups excluding carboxylic acids is 2. The molecule has 0 bridgehead atoms. The molecule has 2 N–H and O–H groups in total. The van der Waals surface area contributed by atoms with Crippen molar-refractivity contribution >= 4 is 34.5 Å². The number of amides is 2. The van der Waals surface area contributed by atoms with Crippen LogP contribution in [0.3, 0.4) is 0 Å². The number of methoxy groups -OCH3 is 1. The van der Waals surface area contributed by atoms with Crippen LogP contribution in [-0.4, -0.2) is 87.2 Å². The second-order valence-electron chi connectivity index (χ2n) is 13.7. The first-order valence-electron chi connectivity index (χ1n) is 18.3. The van der Waals surface area contributed by atoms with E-state index >= 15 is 0 Å². The molecule has 274 valence electrons. The van der Waals surface area contributed by atoms with Gasteiger partial charge in [-0.05, 0) is 92.4 Å². The molecule has 1 atom stereocenters. The van der Waals surface area contributed by atoms with Gasteiger partial charge in [0.1, 0.15) is 28.5 Å². The van der Waals surface area contributed by atoms with Gasteiger partial charge in [0.05, 0.1) is 13.7 Å². The Hall–Kier alpha value is -5.75. The average molecular weight is 715 g/mol. The van der Waals surface area contributed by atoms with Crippen LogP contribution in [-0.2, 0) is 17.8 Å². The largest absolute Gasteiger partial charge is 0.497 e. The molecule has 1 aliphatic carbocycles. The molecule has 3 aromatic heterocycles. The number of benzene rings is 2. The third-order valence-corrected chi connectivity index (χ3v) is 9.70. The van der Waals surface area contributed by atoms with E-state index < -0.39 is 0 Å². The number of fused-ring (bicyclic) bond motifs is 1. The summed E-state index contributed by atoms with van der Waals surface area (Å²) >= 11 is 0. The van der Waals surface area contributed by atoms with Gasteiger partial charge in [-0.1, -0.05) is 31.6 Å². The molecule has 4 heterocycles. The maximum Gasteiger partial charge on any atom is 0.256 e. The first kappa shape index (κ1) is 35.6. The highest BCUT2D eigenvalue weighted by molar-refractivity contribution is 6.03. The van der Waals surface area contributed by atoms with Gasteiger partial charge in [0, 0.05) is 61.8 Å². The molecule has 0 spiro atoms. The van der Waals surface area contributed by atoms with Gasteiger partial charge in [-0.2, -0.15) is 5.10 Å². The van der Waals surface area contributed by atoms with Crippen LogP contribution < -0.4 is 20.1 Å². The molecule has 2 aliphatic rings. The van der Waals surface area contributed by atoms with E-state index in [1.165, 1.54) is 12.8 Å². The number of carbonyl (C=O) groups is 2. The molecule has 7 rings (SSSR count). The predicted molar refractivity (Wildman–Crippen MR) is 206 cm³/mol. The molecular weight excluding hydrogens is 669 g/mol. The molecule has 2 aromatic carbocycles. The van der Waals surface area contributed by atoms with Crippen molar-refractivity contribution in [2.45, 2.75) is 57.7 Å². The second kappa shape index (κ2) is 16.3. The number of hydrogen-bond acceptors (Lipinski definition) is 9. The highest BCUT2D eigenvalue weighted by atomic mass is 16.5. The number of pyridine rings is 2. The van der Waals surface area contributed by atoms with Crippen LogP contribution in [0.1, 0.15) is 54.1 Å². The molecular formula is C41H46N8O4. The van der Waals surface area contributed by atoms with Crippen molar-refractivity contribution in [1.82, 2.24) is 29.5 Å². The van der Waals surface area contributed by atoms with Crippen LogP contribution in [0.2, 0.25) is 0 Å². The lowest BCUT2D eigenvalue weighted by atomic mass is 10.1. The van der Waals surface area contributed by atoms with Crippen LogP contribution in [0.15, 0.2) is 91.3 Å². The van der Waals surface area contributed by atoms with Crippen LogP contribution >= 0.6 is 0 Å². The molecule has 12 heteroatoms. The van der Waals surface area contributed by atoms with E-state index in [2.05, 4.69) is 34.5 Å². The van der Waals surface area contributed by atoms with Crippen LogP contribution in [0.4, 0.5) is 11.6 Å². The van der Waals surface area contributed by atoms with Gasteiger partial charge in [-0.15, -0.1) is 0 Å². The number of anilines is 2. The summed E-state index contributed by atoms with van der Waals surface area (Å²) in [6.45, 7) is 4.60. The lowest BCUT2D eigenvalue weighted by Crippen LogP contribution is -2.30. The van der Waals surface area contributed by atoms with Gasteiger partial charge in [-0.3, -0.25) is 14.5 Å². The fraction of sp³-hybridized carbons (Fsp3) is 0.341. The zero-order chi connectivity index (χ0) is 36.7. The number of rotatable bonds is 15. The van der Waals surface area contributed by atoms with Crippen LogP contribution in [0.5, 0.6) is 17.2 Å². The highest BCUT2D eigenvalue weighted by Gasteiger charge is 2.28. The molecule has 1 saturated heterocycles. The zero-order valence-corrected chi connectivity index (χ0v) is 30.5. The van der Waals surface area contributed by atoms with Gasteiger partial charge in [0.15, 0.2) is 11.5 Å². The molecule has 0 unspecified atom stereocenters. The summed E-state index contributed by atoms with van der Waals surface area (Å²) in [6, 6.07) is 21.2. The second-order valence-corrected chi connectivity index (χ2v) is 13.7. The molecule has 5 aromatic rings. The summed E-state index contributed by atoms with van der Waals surface area (Å²) in [4.78, 5) is 39.3. The first-order valence-corrected chi connectivity index (χ1v) is 18.3. The van der Waals surface area contributed by atoms with Gasteiger partial charge in [-0.25, -0.2) is 14.6 Å². The molecule has 1 saturated carbocycles. The number of likely N-dealkylation sites (tertiary alicyclic amines) is 1. The highest BCUT2D eigenvalue weighted by Crippen LogP contribution is 2.35. The normalized spacial score (nSPS) is 15.7.